The Morgan fingerprint density at radius 2 is 2.08 bits per heavy atom. The molecule has 0 unspecified atom stereocenters. The third kappa shape index (κ3) is 1.99. The first-order valence-corrected chi connectivity index (χ1v) is 4.32. The van der Waals surface area contributed by atoms with Crippen LogP contribution in [0.4, 0.5) is 0 Å². The average molecular weight is 202 g/mol. The highest BCUT2D eigenvalue weighted by Crippen LogP contribution is 2.24. The lowest BCUT2D eigenvalue weighted by atomic mass is 10.2. The van der Waals surface area contributed by atoms with Crippen molar-refractivity contribution in [3.63, 3.8) is 0 Å². The van der Waals surface area contributed by atoms with Crippen molar-refractivity contribution in [2.24, 2.45) is 0 Å². The summed E-state index contributed by atoms with van der Waals surface area (Å²) in [6, 6.07) is 3.59. The second-order valence-electron chi connectivity index (χ2n) is 2.49. The molecule has 1 aromatic rings. The molecule has 0 aromatic carbocycles. The van der Waals surface area contributed by atoms with E-state index in [1.165, 1.54) is 0 Å². The minimum Gasteiger partial charge on any atom is -0.255 e. The Balaban J connectivity index is 3.21. The van der Waals surface area contributed by atoms with E-state index in [-0.39, 0.29) is 0 Å². The molecule has 0 saturated heterocycles. The van der Waals surface area contributed by atoms with Gasteiger partial charge in [-0.15, -0.1) is 0 Å². The van der Waals surface area contributed by atoms with Crippen LogP contribution in [0.1, 0.15) is 19.5 Å². The molecular weight excluding hydrogens is 193 g/mol. The number of hydrogen-bond donors (Lipinski definition) is 0. The molecule has 0 saturated carbocycles. The van der Waals surface area contributed by atoms with E-state index >= 15 is 0 Å². The number of halogens is 2. The van der Waals surface area contributed by atoms with E-state index in [1.54, 1.807) is 18.3 Å². The zero-order valence-corrected chi connectivity index (χ0v) is 8.45. The Kier molecular flexibility index (Phi) is 3.12. The first-order chi connectivity index (χ1) is 5.63. The molecule has 0 N–H and O–H groups in total. The van der Waals surface area contributed by atoms with Gasteiger partial charge in [-0.05, 0) is 31.6 Å². The largest absolute Gasteiger partial charge is 0.255 e. The van der Waals surface area contributed by atoms with Crippen molar-refractivity contribution < 1.29 is 0 Å². The molecule has 0 amide bonds. The molecule has 0 atom stereocenters. The fourth-order valence-electron chi connectivity index (χ4n) is 0.825. The van der Waals surface area contributed by atoms with E-state index in [4.69, 9.17) is 23.2 Å². The highest BCUT2D eigenvalue weighted by Gasteiger charge is 2.04. The predicted octanol–water partition coefficient (Wildman–Crippen LogP) is 3.72. The van der Waals surface area contributed by atoms with Crippen LogP contribution in [0.5, 0.6) is 0 Å². The van der Waals surface area contributed by atoms with Gasteiger partial charge in [-0.2, -0.15) is 0 Å². The van der Waals surface area contributed by atoms with Crippen LogP contribution >= 0.6 is 23.2 Å². The predicted molar refractivity (Wildman–Crippen MR) is 53.4 cm³/mol. The quantitative estimate of drug-likeness (QED) is 0.676. The monoisotopic (exact) mass is 201 g/mol. The van der Waals surface area contributed by atoms with Crippen LogP contribution in [0, 0.1) is 0 Å². The third-order valence-electron chi connectivity index (χ3n) is 1.63. The number of pyridine rings is 1. The number of allylic oxidation sites excluding steroid dienone is 2. The van der Waals surface area contributed by atoms with Gasteiger partial charge in [0.25, 0.3) is 0 Å². The van der Waals surface area contributed by atoms with Gasteiger partial charge in [0.15, 0.2) is 0 Å². The van der Waals surface area contributed by atoms with Gasteiger partial charge in [0, 0.05) is 11.2 Å². The molecule has 1 aromatic heterocycles. The molecule has 1 heterocycles. The summed E-state index contributed by atoms with van der Waals surface area (Å²) in [5.74, 6) is 0. The average Bonchev–Trinajstić information content (AvgIpc) is 2.04. The minimum atomic E-state index is 0.634. The lowest BCUT2D eigenvalue weighted by Crippen LogP contribution is -1.87. The Hall–Kier alpha value is -0.530. The third-order valence-corrected chi connectivity index (χ3v) is 2.22. The maximum Gasteiger partial charge on any atom is 0.0856 e. The van der Waals surface area contributed by atoms with E-state index in [2.05, 4.69) is 4.98 Å². The molecule has 64 valence electrons. The van der Waals surface area contributed by atoms with Crippen molar-refractivity contribution in [1.82, 2.24) is 4.98 Å². The van der Waals surface area contributed by atoms with Crippen LogP contribution < -0.4 is 0 Å². The zero-order valence-electron chi connectivity index (χ0n) is 6.94. The SMILES string of the molecule is CC(Cl)=C(C)c1ncccc1Cl. The lowest BCUT2D eigenvalue weighted by Gasteiger charge is -2.02. The van der Waals surface area contributed by atoms with Gasteiger partial charge >= 0.3 is 0 Å². The molecule has 12 heavy (non-hydrogen) atoms. The summed E-state index contributed by atoms with van der Waals surface area (Å²) in [5.41, 5.74) is 1.67. The first-order valence-electron chi connectivity index (χ1n) is 3.57. The fourth-order valence-corrected chi connectivity index (χ4v) is 1.18. The van der Waals surface area contributed by atoms with Gasteiger partial charge in [0.1, 0.15) is 0 Å². The maximum atomic E-state index is 5.91. The van der Waals surface area contributed by atoms with Crippen LogP contribution in [-0.2, 0) is 0 Å². The number of hydrogen-bond acceptors (Lipinski definition) is 1. The summed E-state index contributed by atoms with van der Waals surface area (Å²) in [4.78, 5) is 4.13. The maximum absolute atomic E-state index is 5.91. The number of rotatable bonds is 1. The molecular formula is C9H9Cl2N. The summed E-state index contributed by atoms with van der Waals surface area (Å²) in [5, 5.41) is 1.35. The highest BCUT2D eigenvalue weighted by molar-refractivity contribution is 6.34. The van der Waals surface area contributed by atoms with Crippen LogP contribution in [0.2, 0.25) is 5.02 Å². The van der Waals surface area contributed by atoms with E-state index in [0.717, 1.165) is 16.3 Å². The molecule has 0 aliphatic carbocycles. The molecule has 1 nitrogen and oxygen atoms in total. The standard InChI is InChI=1S/C9H9Cl2N/c1-6(7(2)10)9-8(11)4-3-5-12-9/h3-5H,1-2H3. The van der Waals surface area contributed by atoms with E-state index in [9.17, 15) is 0 Å². The summed E-state index contributed by atoms with van der Waals surface area (Å²) < 4.78 is 0. The van der Waals surface area contributed by atoms with Crippen LogP contribution in [0.15, 0.2) is 23.4 Å². The van der Waals surface area contributed by atoms with Crippen molar-refractivity contribution in [3.8, 4) is 0 Å². The Labute approximate surface area is 82.0 Å². The van der Waals surface area contributed by atoms with E-state index in [1.807, 2.05) is 13.8 Å². The molecule has 0 radical (unpaired) electrons. The Morgan fingerprint density at radius 1 is 1.42 bits per heavy atom. The van der Waals surface area contributed by atoms with Crippen molar-refractivity contribution >= 4 is 28.8 Å². The van der Waals surface area contributed by atoms with Gasteiger partial charge in [0.2, 0.25) is 0 Å². The van der Waals surface area contributed by atoms with Gasteiger partial charge in [0.05, 0.1) is 10.7 Å². The summed E-state index contributed by atoms with van der Waals surface area (Å²) in [6.07, 6.45) is 1.70. The molecule has 0 spiro atoms. The second-order valence-corrected chi connectivity index (χ2v) is 3.47. The van der Waals surface area contributed by atoms with Crippen molar-refractivity contribution in [3.05, 3.63) is 34.1 Å². The van der Waals surface area contributed by atoms with E-state index < -0.39 is 0 Å². The van der Waals surface area contributed by atoms with Crippen LogP contribution in [-0.4, -0.2) is 4.98 Å². The molecule has 1 rings (SSSR count). The zero-order chi connectivity index (χ0) is 9.14. The lowest BCUT2D eigenvalue weighted by molar-refractivity contribution is 1.26. The van der Waals surface area contributed by atoms with Gasteiger partial charge < -0.3 is 0 Å². The van der Waals surface area contributed by atoms with Crippen molar-refractivity contribution in [1.29, 1.82) is 0 Å². The molecule has 0 aliphatic rings. The van der Waals surface area contributed by atoms with Gasteiger partial charge in [-0.25, -0.2) is 0 Å². The Bertz CT molecular complexity index is 314. The molecule has 3 heteroatoms. The van der Waals surface area contributed by atoms with Crippen molar-refractivity contribution in [2.75, 3.05) is 0 Å². The van der Waals surface area contributed by atoms with Gasteiger partial charge in [-0.1, -0.05) is 23.2 Å². The van der Waals surface area contributed by atoms with Crippen molar-refractivity contribution in [2.45, 2.75) is 13.8 Å². The molecule has 0 aliphatic heterocycles. The Morgan fingerprint density at radius 3 is 2.58 bits per heavy atom. The smallest absolute Gasteiger partial charge is 0.0856 e. The topological polar surface area (TPSA) is 12.9 Å². The molecule has 0 fully saturated rings. The summed E-state index contributed by atoms with van der Waals surface area (Å²) >= 11 is 11.7. The van der Waals surface area contributed by atoms with Gasteiger partial charge in [-0.3, -0.25) is 4.98 Å². The number of nitrogens with zero attached hydrogens (tertiary/aromatic N) is 1. The second kappa shape index (κ2) is 3.92. The van der Waals surface area contributed by atoms with E-state index in [0.29, 0.717) is 5.02 Å². The summed E-state index contributed by atoms with van der Waals surface area (Å²) in [6.45, 7) is 3.72. The molecule has 0 bridgehead atoms. The highest BCUT2D eigenvalue weighted by atomic mass is 35.5. The van der Waals surface area contributed by atoms with Crippen LogP contribution in [0.25, 0.3) is 5.57 Å². The normalized spacial score (nSPS) is 12.7. The van der Waals surface area contributed by atoms with Crippen LogP contribution in [0.3, 0.4) is 0 Å². The summed E-state index contributed by atoms with van der Waals surface area (Å²) in [7, 11) is 0. The fraction of sp³-hybridized carbons (Fsp3) is 0.222. The number of aromatic nitrogens is 1. The minimum absolute atomic E-state index is 0.634. The first kappa shape index (κ1) is 9.56.